The third-order valence-electron chi connectivity index (χ3n) is 2.32. The van der Waals surface area contributed by atoms with Gasteiger partial charge in [0.05, 0.1) is 7.11 Å². The summed E-state index contributed by atoms with van der Waals surface area (Å²) >= 11 is 0. The number of benzene rings is 1. The fourth-order valence-corrected chi connectivity index (χ4v) is 1.41. The van der Waals surface area contributed by atoms with E-state index >= 15 is 0 Å². The number of aliphatic carboxylic acids is 2. The number of rotatable bonds is 5. The molecule has 0 saturated carbocycles. The number of hydrogen-bond donors (Lipinski definition) is 2. The minimum Gasteiger partial charge on any atom is -0.497 e. The second-order valence-corrected chi connectivity index (χ2v) is 3.37. The molecule has 2 N–H and O–H groups in total. The molecule has 1 aromatic carbocycles. The molecular weight excluding hydrogens is 224 g/mol. The van der Waals surface area contributed by atoms with Gasteiger partial charge in [0.15, 0.2) is 0 Å². The molecule has 0 saturated heterocycles. The highest BCUT2D eigenvalue weighted by molar-refractivity contribution is 5.96. The van der Waals surface area contributed by atoms with Crippen molar-refractivity contribution in [2.45, 2.75) is 5.92 Å². The van der Waals surface area contributed by atoms with Crippen LogP contribution in [0.15, 0.2) is 36.4 Å². The lowest BCUT2D eigenvalue weighted by Gasteiger charge is -2.12. The normalized spacial score (nSPS) is 11.6. The summed E-state index contributed by atoms with van der Waals surface area (Å²) in [6.45, 7) is 3.28. The van der Waals surface area contributed by atoms with Crippen LogP contribution in [0.4, 0.5) is 0 Å². The van der Waals surface area contributed by atoms with Crippen LogP contribution < -0.4 is 4.74 Å². The van der Waals surface area contributed by atoms with Gasteiger partial charge < -0.3 is 14.9 Å². The second kappa shape index (κ2) is 5.16. The molecule has 0 aliphatic heterocycles. The van der Waals surface area contributed by atoms with E-state index in [1.807, 2.05) is 0 Å². The van der Waals surface area contributed by atoms with E-state index < -0.39 is 17.9 Å². The first-order valence-electron chi connectivity index (χ1n) is 4.76. The Balaban J connectivity index is 3.10. The van der Waals surface area contributed by atoms with E-state index in [0.717, 1.165) is 0 Å². The molecule has 90 valence electrons. The summed E-state index contributed by atoms with van der Waals surface area (Å²) < 4.78 is 4.93. The van der Waals surface area contributed by atoms with Crippen molar-refractivity contribution in [3.63, 3.8) is 0 Å². The van der Waals surface area contributed by atoms with Crippen LogP contribution in [0.2, 0.25) is 0 Å². The molecule has 0 spiro atoms. The quantitative estimate of drug-likeness (QED) is 0.757. The molecule has 1 aromatic rings. The monoisotopic (exact) mass is 236 g/mol. The molecule has 0 aliphatic carbocycles. The maximum atomic E-state index is 11.0. The lowest BCUT2D eigenvalue weighted by Crippen LogP contribution is -2.18. The minimum absolute atomic E-state index is 0.353. The van der Waals surface area contributed by atoms with E-state index in [0.29, 0.717) is 11.3 Å². The molecule has 1 atom stereocenters. The van der Waals surface area contributed by atoms with Gasteiger partial charge in [0, 0.05) is 5.57 Å². The van der Waals surface area contributed by atoms with E-state index in [2.05, 4.69) is 6.58 Å². The summed E-state index contributed by atoms with van der Waals surface area (Å²) in [5, 5.41) is 17.8. The van der Waals surface area contributed by atoms with Gasteiger partial charge in [0.2, 0.25) is 0 Å². The first-order chi connectivity index (χ1) is 7.97. The maximum absolute atomic E-state index is 11.0. The molecule has 0 aliphatic rings. The van der Waals surface area contributed by atoms with Crippen LogP contribution in [0.5, 0.6) is 5.75 Å². The highest BCUT2D eigenvalue weighted by atomic mass is 16.5. The highest BCUT2D eigenvalue weighted by Gasteiger charge is 2.27. The van der Waals surface area contributed by atoms with Crippen molar-refractivity contribution in [1.29, 1.82) is 0 Å². The summed E-state index contributed by atoms with van der Waals surface area (Å²) in [5.41, 5.74) is -0.0200. The van der Waals surface area contributed by atoms with Gasteiger partial charge in [0.1, 0.15) is 11.7 Å². The number of carbonyl (C=O) groups is 2. The van der Waals surface area contributed by atoms with Gasteiger partial charge in [-0.2, -0.15) is 0 Å². The molecule has 0 aromatic heterocycles. The van der Waals surface area contributed by atoms with Crippen LogP contribution in [0.3, 0.4) is 0 Å². The van der Waals surface area contributed by atoms with Gasteiger partial charge in [-0.3, -0.25) is 4.79 Å². The molecule has 1 unspecified atom stereocenters. The van der Waals surface area contributed by atoms with Crippen LogP contribution in [0.1, 0.15) is 11.5 Å². The van der Waals surface area contributed by atoms with Crippen molar-refractivity contribution >= 4 is 11.9 Å². The van der Waals surface area contributed by atoms with Crippen molar-refractivity contribution in [1.82, 2.24) is 0 Å². The van der Waals surface area contributed by atoms with Crippen LogP contribution in [-0.2, 0) is 9.59 Å². The zero-order valence-electron chi connectivity index (χ0n) is 9.21. The zero-order valence-corrected chi connectivity index (χ0v) is 9.21. The largest absolute Gasteiger partial charge is 0.497 e. The average molecular weight is 236 g/mol. The Labute approximate surface area is 98.0 Å². The van der Waals surface area contributed by atoms with E-state index in [-0.39, 0.29) is 5.57 Å². The number of methoxy groups -OCH3 is 1. The standard InChI is InChI=1S/C12H12O5/c1-7(11(13)14)10(12(15)16)8-3-5-9(17-2)6-4-8/h3-6,10H,1H2,2H3,(H,13,14)(H,15,16). The number of carboxylic acids is 2. The molecule has 1 rings (SSSR count). The van der Waals surface area contributed by atoms with Gasteiger partial charge in [-0.15, -0.1) is 0 Å². The van der Waals surface area contributed by atoms with Crippen LogP contribution >= 0.6 is 0 Å². The van der Waals surface area contributed by atoms with E-state index in [4.69, 9.17) is 14.9 Å². The van der Waals surface area contributed by atoms with Crippen molar-refractivity contribution in [3.05, 3.63) is 42.0 Å². The van der Waals surface area contributed by atoms with Gasteiger partial charge in [-0.1, -0.05) is 18.7 Å². The fraction of sp³-hybridized carbons (Fsp3) is 0.167. The van der Waals surface area contributed by atoms with Gasteiger partial charge >= 0.3 is 11.9 Å². The Kier molecular flexibility index (Phi) is 3.87. The molecule has 0 radical (unpaired) electrons. The van der Waals surface area contributed by atoms with Crippen molar-refractivity contribution in [2.75, 3.05) is 7.11 Å². The fourth-order valence-electron chi connectivity index (χ4n) is 1.41. The number of ether oxygens (including phenoxy) is 1. The van der Waals surface area contributed by atoms with Crippen molar-refractivity contribution in [3.8, 4) is 5.75 Å². The zero-order chi connectivity index (χ0) is 13.0. The molecule has 17 heavy (non-hydrogen) atoms. The van der Waals surface area contributed by atoms with Crippen molar-refractivity contribution < 1.29 is 24.5 Å². The maximum Gasteiger partial charge on any atom is 0.332 e. The molecule has 0 heterocycles. The predicted molar refractivity (Wildman–Crippen MR) is 60.1 cm³/mol. The molecular formula is C12H12O5. The highest BCUT2D eigenvalue weighted by Crippen LogP contribution is 2.25. The van der Waals surface area contributed by atoms with Gasteiger partial charge in [0.25, 0.3) is 0 Å². The molecule has 5 heteroatoms. The lowest BCUT2D eigenvalue weighted by atomic mass is 9.92. The van der Waals surface area contributed by atoms with Gasteiger partial charge in [-0.05, 0) is 17.7 Å². The van der Waals surface area contributed by atoms with Crippen molar-refractivity contribution in [2.24, 2.45) is 0 Å². The SMILES string of the molecule is C=C(C(=O)O)C(C(=O)O)c1ccc(OC)cc1. The summed E-state index contributed by atoms with van der Waals surface area (Å²) in [7, 11) is 1.49. The summed E-state index contributed by atoms with van der Waals surface area (Å²) in [5.74, 6) is -3.26. The molecule has 5 nitrogen and oxygen atoms in total. The number of hydrogen-bond acceptors (Lipinski definition) is 3. The third-order valence-corrected chi connectivity index (χ3v) is 2.32. The number of carboxylic acid groups (broad SMARTS) is 2. The smallest absolute Gasteiger partial charge is 0.332 e. The Morgan fingerprint density at radius 1 is 1.24 bits per heavy atom. The van der Waals surface area contributed by atoms with Crippen LogP contribution in [0, 0.1) is 0 Å². The molecule has 0 amide bonds. The summed E-state index contributed by atoms with van der Waals surface area (Å²) in [6, 6.07) is 6.15. The third kappa shape index (κ3) is 2.84. The summed E-state index contributed by atoms with van der Waals surface area (Å²) in [6.07, 6.45) is 0. The molecule has 0 fully saturated rings. The average Bonchev–Trinajstić information content (AvgIpc) is 2.29. The Morgan fingerprint density at radius 3 is 2.12 bits per heavy atom. The second-order valence-electron chi connectivity index (χ2n) is 3.37. The van der Waals surface area contributed by atoms with E-state index in [1.165, 1.54) is 19.2 Å². The first kappa shape index (κ1) is 12.8. The van der Waals surface area contributed by atoms with E-state index in [9.17, 15) is 9.59 Å². The topological polar surface area (TPSA) is 83.8 Å². The Morgan fingerprint density at radius 2 is 1.76 bits per heavy atom. The van der Waals surface area contributed by atoms with Gasteiger partial charge in [-0.25, -0.2) is 4.79 Å². The lowest BCUT2D eigenvalue weighted by molar-refractivity contribution is -0.141. The van der Waals surface area contributed by atoms with Crippen LogP contribution in [-0.4, -0.2) is 29.3 Å². The Hall–Kier alpha value is -2.30. The Bertz CT molecular complexity index is 446. The minimum atomic E-state index is -1.33. The molecule has 0 bridgehead atoms. The predicted octanol–water partition coefficient (Wildman–Crippen LogP) is 1.50. The summed E-state index contributed by atoms with van der Waals surface area (Å²) in [4.78, 5) is 21.8. The van der Waals surface area contributed by atoms with Crippen LogP contribution in [0.25, 0.3) is 0 Å². The van der Waals surface area contributed by atoms with E-state index in [1.54, 1.807) is 12.1 Å². The first-order valence-corrected chi connectivity index (χ1v) is 4.76.